The van der Waals surface area contributed by atoms with Crippen LogP contribution in [-0.4, -0.2) is 54.4 Å². The molecule has 1 aromatic carbocycles. The van der Waals surface area contributed by atoms with Crippen molar-refractivity contribution < 1.29 is 19.4 Å². The van der Waals surface area contributed by atoms with Gasteiger partial charge in [0.25, 0.3) is 0 Å². The van der Waals surface area contributed by atoms with Crippen LogP contribution < -0.4 is 4.74 Å². The Labute approximate surface area is 119 Å². The quantitative estimate of drug-likeness (QED) is 0.891. The Morgan fingerprint density at radius 3 is 2.90 bits per heavy atom. The minimum atomic E-state index is -0.965. The SMILES string of the molecule is CC1(C)COCCN1CCOc1ccccc1C(=O)O. The molecule has 110 valence electrons. The molecule has 20 heavy (non-hydrogen) atoms. The van der Waals surface area contributed by atoms with E-state index in [1.807, 2.05) is 0 Å². The van der Waals surface area contributed by atoms with Gasteiger partial charge >= 0.3 is 5.97 Å². The Hall–Kier alpha value is -1.59. The van der Waals surface area contributed by atoms with E-state index in [1.165, 1.54) is 0 Å². The van der Waals surface area contributed by atoms with Crippen LogP contribution in [0.2, 0.25) is 0 Å². The van der Waals surface area contributed by atoms with Gasteiger partial charge in [0.15, 0.2) is 0 Å². The fourth-order valence-electron chi connectivity index (χ4n) is 2.34. The third-order valence-corrected chi connectivity index (χ3v) is 3.55. The average Bonchev–Trinajstić information content (AvgIpc) is 2.41. The first-order valence-electron chi connectivity index (χ1n) is 6.78. The topological polar surface area (TPSA) is 59.0 Å². The summed E-state index contributed by atoms with van der Waals surface area (Å²) in [5.41, 5.74) is 0.197. The summed E-state index contributed by atoms with van der Waals surface area (Å²) in [4.78, 5) is 13.4. The number of ether oxygens (including phenoxy) is 2. The summed E-state index contributed by atoms with van der Waals surface area (Å²) in [5.74, 6) is -0.543. The number of benzene rings is 1. The molecule has 0 amide bonds. The molecule has 0 saturated carbocycles. The number of hydrogen-bond donors (Lipinski definition) is 1. The number of rotatable bonds is 5. The zero-order valence-electron chi connectivity index (χ0n) is 12.0. The standard InChI is InChI=1S/C15H21NO4/c1-15(2)11-19-9-7-16(15)8-10-20-13-6-4-3-5-12(13)14(17)18/h3-6H,7-11H2,1-2H3,(H,17,18). The van der Waals surface area contributed by atoms with Gasteiger partial charge in [-0.3, -0.25) is 4.90 Å². The van der Waals surface area contributed by atoms with Gasteiger partial charge in [-0.15, -0.1) is 0 Å². The number of morpholine rings is 1. The highest BCUT2D eigenvalue weighted by Gasteiger charge is 2.30. The molecule has 1 heterocycles. The zero-order valence-corrected chi connectivity index (χ0v) is 12.0. The molecule has 5 nitrogen and oxygen atoms in total. The number of hydrogen-bond acceptors (Lipinski definition) is 4. The fraction of sp³-hybridized carbons (Fsp3) is 0.533. The zero-order chi connectivity index (χ0) is 14.6. The summed E-state index contributed by atoms with van der Waals surface area (Å²) in [5, 5.41) is 9.09. The van der Waals surface area contributed by atoms with Crippen LogP contribution in [0.25, 0.3) is 0 Å². The highest BCUT2D eigenvalue weighted by atomic mass is 16.5. The lowest BCUT2D eigenvalue weighted by Crippen LogP contribution is -2.54. The van der Waals surface area contributed by atoms with Crippen LogP contribution in [0.15, 0.2) is 24.3 Å². The molecule has 0 spiro atoms. The van der Waals surface area contributed by atoms with E-state index in [0.29, 0.717) is 19.0 Å². The summed E-state index contributed by atoms with van der Waals surface area (Å²) in [6, 6.07) is 6.71. The largest absolute Gasteiger partial charge is 0.491 e. The third-order valence-electron chi connectivity index (χ3n) is 3.55. The summed E-state index contributed by atoms with van der Waals surface area (Å²) in [6.07, 6.45) is 0. The molecular formula is C15H21NO4. The highest BCUT2D eigenvalue weighted by molar-refractivity contribution is 5.90. The van der Waals surface area contributed by atoms with E-state index >= 15 is 0 Å². The lowest BCUT2D eigenvalue weighted by atomic mass is 10.0. The van der Waals surface area contributed by atoms with E-state index in [0.717, 1.165) is 19.7 Å². The number of carbonyl (C=O) groups is 1. The van der Waals surface area contributed by atoms with E-state index in [-0.39, 0.29) is 11.1 Å². The summed E-state index contributed by atoms with van der Waals surface area (Å²) >= 11 is 0. The van der Waals surface area contributed by atoms with Gasteiger partial charge in [0.2, 0.25) is 0 Å². The van der Waals surface area contributed by atoms with Crippen LogP contribution in [0.4, 0.5) is 0 Å². The molecule has 1 aliphatic heterocycles. The van der Waals surface area contributed by atoms with Gasteiger partial charge in [0.1, 0.15) is 17.9 Å². The number of carboxylic acid groups (broad SMARTS) is 1. The van der Waals surface area contributed by atoms with Crippen molar-refractivity contribution in [2.45, 2.75) is 19.4 Å². The Bertz CT molecular complexity index is 473. The predicted octanol–water partition coefficient (Wildman–Crippen LogP) is 1.87. The first-order valence-corrected chi connectivity index (χ1v) is 6.78. The van der Waals surface area contributed by atoms with Crippen molar-refractivity contribution in [1.82, 2.24) is 4.90 Å². The average molecular weight is 279 g/mol. The lowest BCUT2D eigenvalue weighted by Gasteiger charge is -2.41. The van der Waals surface area contributed by atoms with E-state index in [1.54, 1.807) is 24.3 Å². The predicted molar refractivity (Wildman–Crippen MR) is 75.4 cm³/mol. The Balaban J connectivity index is 1.91. The van der Waals surface area contributed by atoms with Crippen LogP contribution in [0.3, 0.4) is 0 Å². The molecule has 1 N–H and O–H groups in total. The summed E-state index contributed by atoms with van der Waals surface area (Å²) < 4.78 is 11.1. The van der Waals surface area contributed by atoms with Crippen molar-refractivity contribution in [3.8, 4) is 5.75 Å². The minimum absolute atomic E-state index is 0.00603. The fourth-order valence-corrected chi connectivity index (χ4v) is 2.34. The normalized spacial score (nSPS) is 18.7. The van der Waals surface area contributed by atoms with Crippen molar-refractivity contribution in [2.75, 3.05) is 32.9 Å². The van der Waals surface area contributed by atoms with Crippen LogP contribution in [0.1, 0.15) is 24.2 Å². The van der Waals surface area contributed by atoms with Crippen molar-refractivity contribution in [1.29, 1.82) is 0 Å². The second-order valence-corrected chi connectivity index (χ2v) is 5.50. The third kappa shape index (κ3) is 3.49. The number of para-hydroxylation sites is 1. The lowest BCUT2D eigenvalue weighted by molar-refractivity contribution is -0.0547. The van der Waals surface area contributed by atoms with Crippen molar-refractivity contribution in [2.24, 2.45) is 0 Å². The number of aromatic carboxylic acids is 1. The van der Waals surface area contributed by atoms with Crippen LogP contribution >= 0.6 is 0 Å². The molecule has 1 fully saturated rings. The first-order chi connectivity index (χ1) is 9.50. The minimum Gasteiger partial charge on any atom is -0.491 e. The molecule has 0 unspecified atom stereocenters. The molecule has 0 aromatic heterocycles. The van der Waals surface area contributed by atoms with E-state index in [4.69, 9.17) is 14.6 Å². The molecule has 2 rings (SSSR count). The van der Waals surface area contributed by atoms with Gasteiger partial charge in [0, 0.05) is 18.6 Å². The van der Waals surface area contributed by atoms with Crippen molar-refractivity contribution in [3.63, 3.8) is 0 Å². The molecule has 1 aliphatic rings. The first kappa shape index (κ1) is 14.8. The van der Waals surface area contributed by atoms with Gasteiger partial charge in [-0.05, 0) is 26.0 Å². The molecule has 0 bridgehead atoms. The molecule has 0 radical (unpaired) electrons. The Morgan fingerprint density at radius 2 is 2.20 bits per heavy atom. The van der Waals surface area contributed by atoms with Crippen molar-refractivity contribution >= 4 is 5.97 Å². The molecule has 5 heteroatoms. The van der Waals surface area contributed by atoms with Gasteiger partial charge in [0.05, 0.1) is 13.2 Å². The molecular weight excluding hydrogens is 258 g/mol. The van der Waals surface area contributed by atoms with E-state index < -0.39 is 5.97 Å². The van der Waals surface area contributed by atoms with Gasteiger partial charge in [-0.2, -0.15) is 0 Å². The van der Waals surface area contributed by atoms with Crippen LogP contribution in [0, 0.1) is 0 Å². The second kappa shape index (κ2) is 6.24. The maximum Gasteiger partial charge on any atom is 0.339 e. The molecule has 1 saturated heterocycles. The van der Waals surface area contributed by atoms with Crippen molar-refractivity contribution in [3.05, 3.63) is 29.8 Å². The molecule has 0 atom stereocenters. The number of carboxylic acids is 1. The Morgan fingerprint density at radius 1 is 1.45 bits per heavy atom. The molecule has 1 aromatic rings. The Kier molecular flexibility index (Phi) is 4.62. The monoisotopic (exact) mass is 279 g/mol. The van der Waals surface area contributed by atoms with Crippen LogP contribution in [-0.2, 0) is 4.74 Å². The molecule has 0 aliphatic carbocycles. The van der Waals surface area contributed by atoms with E-state index in [9.17, 15) is 4.79 Å². The highest BCUT2D eigenvalue weighted by Crippen LogP contribution is 2.20. The second-order valence-electron chi connectivity index (χ2n) is 5.50. The van der Waals surface area contributed by atoms with Gasteiger partial charge in [-0.25, -0.2) is 4.79 Å². The number of nitrogens with zero attached hydrogens (tertiary/aromatic N) is 1. The van der Waals surface area contributed by atoms with Gasteiger partial charge in [-0.1, -0.05) is 12.1 Å². The van der Waals surface area contributed by atoms with Crippen LogP contribution in [0.5, 0.6) is 5.75 Å². The maximum atomic E-state index is 11.1. The summed E-state index contributed by atoms with van der Waals surface area (Å²) in [6.45, 7) is 7.80. The summed E-state index contributed by atoms with van der Waals surface area (Å²) in [7, 11) is 0. The maximum absolute atomic E-state index is 11.1. The van der Waals surface area contributed by atoms with Gasteiger partial charge < -0.3 is 14.6 Å². The smallest absolute Gasteiger partial charge is 0.339 e. The van der Waals surface area contributed by atoms with E-state index in [2.05, 4.69) is 18.7 Å².